The summed E-state index contributed by atoms with van der Waals surface area (Å²) < 4.78 is 0. The number of piperidine rings is 1. The number of rotatable bonds is 7. The highest BCUT2D eigenvalue weighted by atomic mass is 32.1. The molecule has 0 aliphatic carbocycles. The molecule has 0 aromatic carbocycles. The summed E-state index contributed by atoms with van der Waals surface area (Å²) in [7, 11) is 1.58. The monoisotopic (exact) mass is 453 g/mol. The number of nitrogens with zero attached hydrogens (tertiary/aromatic N) is 4. The molecule has 1 saturated heterocycles. The quantitative estimate of drug-likeness (QED) is 0.470. The zero-order chi connectivity index (χ0) is 22.5. The number of anilines is 2. The zero-order valence-corrected chi connectivity index (χ0v) is 18.8. The molecular weight excluding hydrogens is 426 g/mol. The highest BCUT2D eigenvalue weighted by Gasteiger charge is 2.29. The van der Waals surface area contributed by atoms with E-state index >= 15 is 0 Å². The fraction of sp³-hybridized carbons (Fsp3) is 0.409. The van der Waals surface area contributed by atoms with Gasteiger partial charge < -0.3 is 21.3 Å². The average Bonchev–Trinajstić information content (AvgIpc) is 3.17. The zero-order valence-electron chi connectivity index (χ0n) is 18.0. The van der Waals surface area contributed by atoms with Gasteiger partial charge in [0.1, 0.15) is 9.71 Å². The smallest absolute Gasteiger partial charge is 0.263 e. The SMILES string of the molecule is CNC(=O)c1sc2nc([C@@H]3CCCCN3C(=O)CCCNc3ncccn3)ccc2c1N. The minimum absolute atomic E-state index is 0.0576. The average molecular weight is 454 g/mol. The Morgan fingerprint density at radius 2 is 2.06 bits per heavy atom. The molecule has 3 aromatic heterocycles. The van der Waals surface area contributed by atoms with Crippen molar-refractivity contribution in [2.75, 3.05) is 31.2 Å². The largest absolute Gasteiger partial charge is 0.397 e. The van der Waals surface area contributed by atoms with Crippen LogP contribution < -0.4 is 16.4 Å². The van der Waals surface area contributed by atoms with Crippen molar-refractivity contribution in [3.05, 3.63) is 41.2 Å². The Kier molecular flexibility index (Phi) is 6.79. The lowest BCUT2D eigenvalue weighted by atomic mass is 9.98. The van der Waals surface area contributed by atoms with Crippen LogP contribution in [0.1, 0.15) is 53.5 Å². The van der Waals surface area contributed by atoms with E-state index in [4.69, 9.17) is 10.7 Å². The maximum absolute atomic E-state index is 13.0. The number of nitrogens with two attached hydrogens (primary N) is 1. The van der Waals surface area contributed by atoms with Gasteiger partial charge in [-0.1, -0.05) is 0 Å². The molecule has 168 valence electrons. The van der Waals surface area contributed by atoms with Gasteiger partial charge in [0.2, 0.25) is 11.9 Å². The summed E-state index contributed by atoms with van der Waals surface area (Å²) in [5, 5.41) is 6.53. The molecule has 1 aliphatic heterocycles. The summed E-state index contributed by atoms with van der Waals surface area (Å²) in [6.45, 7) is 1.36. The Balaban J connectivity index is 1.44. The van der Waals surface area contributed by atoms with Crippen LogP contribution in [0.5, 0.6) is 0 Å². The number of carbonyl (C=O) groups excluding carboxylic acids is 2. The van der Waals surface area contributed by atoms with Gasteiger partial charge in [-0.05, 0) is 43.9 Å². The van der Waals surface area contributed by atoms with Crippen LogP contribution in [0.3, 0.4) is 0 Å². The number of aromatic nitrogens is 3. The van der Waals surface area contributed by atoms with Crippen molar-refractivity contribution in [2.45, 2.75) is 38.1 Å². The first-order chi connectivity index (χ1) is 15.6. The topological polar surface area (TPSA) is 126 Å². The Morgan fingerprint density at radius 3 is 2.84 bits per heavy atom. The summed E-state index contributed by atoms with van der Waals surface area (Å²) in [5.74, 6) is 0.486. The minimum Gasteiger partial charge on any atom is -0.397 e. The third kappa shape index (κ3) is 4.64. The molecule has 4 heterocycles. The Labute approximate surface area is 190 Å². The van der Waals surface area contributed by atoms with Crippen LogP contribution in [0.2, 0.25) is 0 Å². The Bertz CT molecular complexity index is 1100. The molecule has 4 rings (SSSR count). The molecule has 10 heteroatoms. The van der Waals surface area contributed by atoms with Gasteiger partial charge in [-0.2, -0.15) is 0 Å². The molecule has 0 radical (unpaired) electrons. The molecule has 1 fully saturated rings. The number of thiophene rings is 1. The highest BCUT2D eigenvalue weighted by Crippen LogP contribution is 2.36. The van der Waals surface area contributed by atoms with Gasteiger partial charge in [0.15, 0.2) is 0 Å². The molecular formula is C22H27N7O2S. The highest BCUT2D eigenvalue weighted by molar-refractivity contribution is 7.21. The van der Waals surface area contributed by atoms with Gasteiger partial charge in [0, 0.05) is 44.3 Å². The van der Waals surface area contributed by atoms with E-state index in [2.05, 4.69) is 20.6 Å². The van der Waals surface area contributed by atoms with Gasteiger partial charge in [-0.3, -0.25) is 9.59 Å². The second-order valence-corrected chi connectivity index (χ2v) is 8.71. The van der Waals surface area contributed by atoms with Gasteiger partial charge in [0.25, 0.3) is 5.91 Å². The maximum Gasteiger partial charge on any atom is 0.263 e. The molecule has 32 heavy (non-hydrogen) atoms. The van der Waals surface area contributed by atoms with Crippen LogP contribution in [0.4, 0.5) is 11.6 Å². The van der Waals surface area contributed by atoms with Crippen molar-refractivity contribution in [3.63, 3.8) is 0 Å². The molecule has 2 amide bonds. The molecule has 0 spiro atoms. The minimum atomic E-state index is -0.212. The summed E-state index contributed by atoms with van der Waals surface area (Å²) in [6.07, 6.45) is 7.44. The number of hydrogen-bond acceptors (Lipinski definition) is 8. The van der Waals surface area contributed by atoms with E-state index < -0.39 is 0 Å². The van der Waals surface area contributed by atoms with Gasteiger partial charge in [0.05, 0.1) is 17.4 Å². The lowest BCUT2D eigenvalue weighted by Gasteiger charge is -2.35. The third-order valence-electron chi connectivity index (χ3n) is 5.63. The third-order valence-corrected chi connectivity index (χ3v) is 6.74. The number of carbonyl (C=O) groups is 2. The van der Waals surface area contributed by atoms with E-state index in [1.807, 2.05) is 17.0 Å². The van der Waals surface area contributed by atoms with Gasteiger partial charge >= 0.3 is 0 Å². The summed E-state index contributed by atoms with van der Waals surface area (Å²) in [5.41, 5.74) is 7.47. The van der Waals surface area contributed by atoms with Crippen molar-refractivity contribution in [3.8, 4) is 0 Å². The van der Waals surface area contributed by atoms with Crippen LogP contribution in [0.25, 0.3) is 10.2 Å². The lowest BCUT2D eigenvalue weighted by molar-refractivity contribution is -0.135. The molecule has 0 bridgehead atoms. The number of nitrogens with one attached hydrogen (secondary N) is 2. The van der Waals surface area contributed by atoms with Crippen LogP contribution in [0.15, 0.2) is 30.6 Å². The van der Waals surface area contributed by atoms with E-state index in [0.29, 0.717) is 35.9 Å². The van der Waals surface area contributed by atoms with Crippen molar-refractivity contribution in [1.82, 2.24) is 25.2 Å². The number of pyridine rings is 1. The van der Waals surface area contributed by atoms with E-state index in [1.54, 1.807) is 25.5 Å². The maximum atomic E-state index is 13.0. The first-order valence-electron chi connectivity index (χ1n) is 10.8. The number of hydrogen-bond donors (Lipinski definition) is 3. The summed E-state index contributed by atoms with van der Waals surface area (Å²) in [6, 6.07) is 5.55. The Morgan fingerprint density at radius 1 is 1.25 bits per heavy atom. The normalized spacial score (nSPS) is 16.2. The first-order valence-corrected chi connectivity index (χ1v) is 11.6. The van der Waals surface area contributed by atoms with Crippen LogP contribution >= 0.6 is 11.3 Å². The summed E-state index contributed by atoms with van der Waals surface area (Å²) >= 11 is 1.29. The number of likely N-dealkylation sites (tertiary alicyclic amines) is 1. The van der Waals surface area contributed by atoms with Crippen LogP contribution in [-0.2, 0) is 4.79 Å². The summed E-state index contributed by atoms with van der Waals surface area (Å²) in [4.78, 5) is 41.3. The molecule has 0 unspecified atom stereocenters. The van der Waals surface area contributed by atoms with Crippen LogP contribution in [-0.4, -0.2) is 51.8 Å². The standard InChI is InChI=1S/C22H27N7O2S/c1-24-20(31)19-18(23)14-8-9-15(28-21(14)32-19)16-6-2-3-13-29(16)17(30)7-4-10-25-22-26-11-5-12-27-22/h5,8-9,11-12,16H,2-4,6-7,10,13,23H2,1H3,(H,24,31)(H,25,26,27)/t16-/m0/s1. The second kappa shape index (κ2) is 9.90. The molecule has 9 nitrogen and oxygen atoms in total. The number of nitrogen functional groups attached to an aromatic ring is 1. The number of fused-ring (bicyclic) bond motifs is 1. The van der Waals surface area contributed by atoms with E-state index in [1.165, 1.54) is 11.3 Å². The predicted octanol–water partition coefficient (Wildman–Crippen LogP) is 2.97. The molecule has 1 aliphatic rings. The first kappa shape index (κ1) is 21.9. The van der Waals surface area contributed by atoms with E-state index in [9.17, 15) is 9.59 Å². The van der Waals surface area contributed by atoms with Crippen molar-refractivity contribution >= 4 is 45.0 Å². The van der Waals surface area contributed by atoms with Gasteiger partial charge in [-0.25, -0.2) is 15.0 Å². The van der Waals surface area contributed by atoms with E-state index in [0.717, 1.165) is 41.7 Å². The molecule has 1 atom stereocenters. The molecule has 0 saturated carbocycles. The Hall–Kier alpha value is -3.27. The van der Waals surface area contributed by atoms with Crippen molar-refractivity contribution in [2.24, 2.45) is 0 Å². The van der Waals surface area contributed by atoms with Crippen molar-refractivity contribution < 1.29 is 9.59 Å². The number of amides is 2. The lowest BCUT2D eigenvalue weighted by Crippen LogP contribution is -2.38. The predicted molar refractivity (Wildman–Crippen MR) is 125 cm³/mol. The van der Waals surface area contributed by atoms with Crippen molar-refractivity contribution in [1.29, 1.82) is 0 Å². The molecule has 4 N–H and O–H groups in total. The fourth-order valence-electron chi connectivity index (χ4n) is 3.99. The molecule has 3 aromatic rings. The van der Waals surface area contributed by atoms with E-state index in [-0.39, 0.29) is 17.9 Å². The van der Waals surface area contributed by atoms with Gasteiger partial charge in [-0.15, -0.1) is 11.3 Å². The second-order valence-electron chi connectivity index (χ2n) is 7.71. The van der Waals surface area contributed by atoms with Crippen LogP contribution in [0, 0.1) is 0 Å². The fourth-order valence-corrected chi connectivity index (χ4v) is 5.04.